The standard InChI is InChI=1S/C20H25F3N4O4/c21-20(22,23)12-25-17(28)15-6-2-8-27(15)19(30)24-11-13-4-1-5-14(10-13)26-18(29)16-7-3-9-31-16/h1,4-5,10,15-16H,2-3,6-9,11-12H2,(H,24,30)(H,25,28)(H,26,29)/t15-,16+/m0/s1. The fraction of sp³-hybridized carbons (Fsp3) is 0.550. The summed E-state index contributed by atoms with van der Waals surface area (Å²) in [5, 5.41) is 7.30. The van der Waals surface area contributed by atoms with Crippen LogP contribution in [0.25, 0.3) is 0 Å². The summed E-state index contributed by atoms with van der Waals surface area (Å²) in [6.45, 7) is -0.443. The van der Waals surface area contributed by atoms with Crippen molar-refractivity contribution >= 4 is 23.5 Å². The summed E-state index contributed by atoms with van der Waals surface area (Å²) in [6.07, 6.45) is -2.61. The third-order valence-corrected chi connectivity index (χ3v) is 5.14. The Morgan fingerprint density at radius 3 is 2.61 bits per heavy atom. The Bertz CT molecular complexity index is 812. The predicted molar refractivity (Wildman–Crippen MR) is 105 cm³/mol. The molecule has 0 aromatic heterocycles. The molecule has 0 bridgehead atoms. The summed E-state index contributed by atoms with van der Waals surface area (Å²) in [4.78, 5) is 38.0. The molecule has 2 saturated heterocycles. The molecule has 2 atom stereocenters. The van der Waals surface area contributed by atoms with Gasteiger partial charge < -0.3 is 25.6 Å². The number of halogens is 3. The number of hydrogen-bond acceptors (Lipinski definition) is 4. The SMILES string of the molecule is O=C(Nc1cccc(CNC(=O)N2CCC[C@H]2C(=O)NCC(F)(F)F)c1)[C@H]1CCCO1. The smallest absolute Gasteiger partial charge is 0.368 e. The van der Waals surface area contributed by atoms with E-state index < -0.39 is 36.8 Å². The second kappa shape index (κ2) is 9.99. The minimum Gasteiger partial charge on any atom is -0.368 e. The van der Waals surface area contributed by atoms with Crippen molar-refractivity contribution in [3.63, 3.8) is 0 Å². The number of hydrogen-bond donors (Lipinski definition) is 3. The highest BCUT2D eigenvalue weighted by Crippen LogP contribution is 2.20. The first-order valence-electron chi connectivity index (χ1n) is 10.1. The number of alkyl halides is 3. The van der Waals surface area contributed by atoms with Gasteiger partial charge in [0.1, 0.15) is 18.7 Å². The van der Waals surface area contributed by atoms with Gasteiger partial charge in [-0.25, -0.2) is 4.79 Å². The van der Waals surface area contributed by atoms with Crippen LogP contribution >= 0.6 is 0 Å². The number of amides is 4. The Balaban J connectivity index is 1.51. The number of benzene rings is 1. The lowest BCUT2D eigenvalue weighted by molar-refractivity contribution is -0.140. The van der Waals surface area contributed by atoms with Crippen LogP contribution in [0.3, 0.4) is 0 Å². The zero-order valence-corrected chi connectivity index (χ0v) is 16.8. The molecule has 1 aromatic carbocycles. The summed E-state index contributed by atoms with van der Waals surface area (Å²) in [5.41, 5.74) is 1.29. The van der Waals surface area contributed by atoms with Gasteiger partial charge in [0.15, 0.2) is 0 Å². The number of rotatable bonds is 6. The van der Waals surface area contributed by atoms with Crippen LogP contribution in [-0.4, -0.2) is 60.8 Å². The van der Waals surface area contributed by atoms with Crippen molar-refractivity contribution in [1.82, 2.24) is 15.5 Å². The normalized spacial score (nSPS) is 21.1. The molecule has 3 N–H and O–H groups in total. The Morgan fingerprint density at radius 2 is 1.90 bits per heavy atom. The van der Waals surface area contributed by atoms with Gasteiger partial charge >= 0.3 is 12.2 Å². The molecular weight excluding hydrogens is 417 g/mol. The lowest BCUT2D eigenvalue weighted by Crippen LogP contribution is -2.50. The van der Waals surface area contributed by atoms with E-state index in [1.54, 1.807) is 24.3 Å². The zero-order valence-electron chi connectivity index (χ0n) is 16.8. The molecule has 3 rings (SSSR count). The largest absolute Gasteiger partial charge is 0.405 e. The van der Waals surface area contributed by atoms with Crippen LogP contribution in [0.2, 0.25) is 0 Å². The van der Waals surface area contributed by atoms with E-state index in [1.807, 2.05) is 5.32 Å². The molecule has 2 fully saturated rings. The third-order valence-electron chi connectivity index (χ3n) is 5.14. The van der Waals surface area contributed by atoms with Crippen molar-refractivity contribution in [3.8, 4) is 0 Å². The van der Waals surface area contributed by atoms with Gasteiger partial charge in [0.2, 0.25) is 5.91 Å². The molecule has 0 saturated carbocycles. The molecule has 0 spiro atoms. The van der Waals surface area contributed by atoms with Crippen LogP contribution < -0.4 is 16.0 Å². The number of urea groups is 1. The highest BCUT2D eigenvalue weighted by molar-refractivity contribution is 5.94. The van der Waals surface area contributed by atoms with Crippen LogP contribution in [0.4, 0.5) is 23.7 Å². The summed E-state index contributed by atoms with van der Waals surface area (Å²) >= 11 is 0. The molecule has 0 aliphatic carbocycles. The van der Waals surface area contributed by atoms with Crippen molar-refractivity contribution in [3.05, 3.63) is 29.8 Å². The quantitative estimate of drug-likeness (QED) is 0.629. The number of ether oxygens (including phenoxy) is 1. The van der Waals surface area contributed by atoms with Crippen LogP contribution in [0.1, 0.15) is 31.2 Å². The van der Waals surface area contributed by atoms with E-state index in [2.05, 4.69) is 10.6 Å². The van der Waals surface area contributed by atoms with Gasteiger partial charge in [-0.3, -0.25) is 9.59 Å². The van der Waals surface area contributed by atoms with Gasteiger partial charge in [0, 0.05) is 25.4 Å². The maximum atomic E-state index is 12.5. The second-order valence-corrected chi connectivity index (χ2v) is 7.53. The minimum absolute atomic E-state index is 0.135. The number of likely N-dealkylation sites (tertiary alicyclic amines) is 1. The minimum atomic E-state index is -4.51. The van der Waals surface area contributed by atoms with E-state index in [1.165, 1.54) is 4.90 Å². The van der Waals surface area contributed by atoms with Gasteiger partial charge in [0.25, 0.3) is 5.91 Å². The van der Waals surface area contributed by atoms with Crippen molar-refractivity contribution in [1.29, 1.82) is 0 Å². The van der Waals surface area contributed by atoms with Crippen LogP contribution in [0.15, 0.2) is 24.3 Å². The van der Waals surface area contributed by atoms with Gasteiger partial charge in [-0.2, -0.15) is 13.2 Å². The molecule has 1 aromatic rings. The lowest BCUT2D eigenvalue weighted by Gasteiger charge is -2.24. The number of carbonyl (C=O) groups is 3. The highest BCUT2D eigenvalue weighted by Gasteiger charge is 2.36. The number of nitrogens with one attached hydrogen (secondary N) is 3. The van der Waals surface area contributed by atoms with Crippen molar-refractivity contribution in [2.75, 3.05) is 25.0 Å². The van der Waals surface area contributed by atoms with Crippen LogP contribution in [0.5, 0.6) is 0 Å². The second-order valence-electron chi connectivity index (χ2n) is 7.53. The van der Waals surface area contributed by atoms with E-state index >= 15 is 0 Å². The number of carbonyl (C=O) groups excluding carboxylic acids is 3. The van der Waals surface area contributed by atoms with Crippen molar-refractivity contribution < 1.29 is 32.3 Å². The fourth-order valence-corrected chi connectivity index (χ4v) is 3.63. The lowest BCUT2D eigenvalue weighted by atomic mass is 10.2. The van der Waals surface area contributed by atoms with E-state index in [0.717, 1.165) is 12.0 Å². The van der Waals surface area contributed by atoms with E-state index in [0.29, 0.717) is 31.6 Å². The monoisotopic (exact) mass is 442 g/mol. The Morgan fingerprint density at radius 1 is 1.10 bits per heavy atom. The predicted octanol–water partition coefficient (Wildman–Crippen LogP) is 2.16. The number of nitrogens with zero attached hydrogens (tertiary/aromatic N) is 1. The highest BCUT2D eigenvalue weighted by atomic mass is 19.4. The third kappa shape index (κ3) is 6.58. The summed E-state index contributed by atoms with van der Waals surface area (Å²) < 4.78 is 42.3. The molecule has 11 heteroatoms. The van der Waals surface area contributed by atoms with Crippen LogP contribution in [0, 0.1) is 0 Å². The Hall–Kier alpha value is -2.82. The van der Waals surface area contributed by atoms with Gasteiger partial charge in [-0.05, 0) is 43.4 Å². The first-order chi connectivity index (χ1) is 14.7. The maximum Gasteiger partial charge on any atom is 0.405 e. The summed E-state index contributed by atoms with van der Waals surface area (Å²) in [7, 11) is 0. The molecule has 0 radical (unpaired) electrons. The van der Waals surface area contributed by atoms with E-state index in [-0.39, 0.29) is 19.0 Å². The average Bonchev–Trinajstić information content (AvgIpc) is 3.42. The maximum absolute atomic E-state index is 12.5. The van der Waals surface area contributed by atoms with Gasteiger partial charge in [-0.15, -0.1) is 0 Å². The topological polar surface area (TPSA) is 99.8 Å². The van der Waals surface area contributed by atoms with Gasteiger partial charge in [-0.1, -0.05) is 12.1 Å². The molecule has 2 aliphatic rings. The first-order valence-corrected chi connectivity index (χ1v) is 10.1. The van der Waals surface area contributed by atoms with E-state index in [4.69, 9.17) is 4.74 Å². The molecule has 31 heavy (non-hydrogen) atoms. The fourth-order valence-electron chi connectivity index (χ4n) is 3.63. The summed E-state index contributed by atoms with van der Waals surface area (Å²) in [6, 6.07) is 5.47. The van der Waals surface area contributed by atoms with Crippen molar-refractivity contribution in [2.24, 2.45) is 0 Å². The van der Waals surface area contributed by atoms with E-state index in [9.17, 15) is 27.6 Å². The molecular formula is C20H25F3N4O4. The molecule has 170 valence electrons. The average molecular weight is 442 g/mol. The van der Waals surface area contributed by atoms with Crippen LogP contribution in [-0.2, 0) is 20.9 Å². The first kappa shape index (κ1) is 22.9. The molecule has 2 heterocycles. The molecule has 2 aliphatic heterocycles. The summed E-state index contributed by atoms with van der Waals surface area (Å²) in [5.74, 6) is -1.03. The molecule has 0 unspecified atom stereocenters. The number of anilines is 1. The Kier molecular flexibility index (Phi) is 7.37. The Labute approximate surface area is 177 Å². The molecule has 4 amide bonds. The zero-order chi connectivity index (χ0) is 22.4. The van der Waals surface area contributed by atoms with Crippen molar-refractivity contribution in [2.45, 2.75) is 50.6 Å². The molecule has 8 nitrogen and oxygen atoms in total. The van der Waals surface area contributed by atoms with Gasteiger partial charge in [0.05, 0.1) is 0 Å².